The molecule has 0 fully saturated rings. The normalized spacial score (nSPS) is 10.3. The minimum atomic E-state index is -0.0790. The molecule has 0 atom stereocenters. The molecule has 3 aromatic heterocycles. The number of aromatic nitrogens is 5. The Hall–Kier alpha value is -4.10. The van der Waals surface area contributed by atoms with E-state index in [-0.39, 0.29) is 6.61 Å². The van der Waals surface area contributed by atoms with Gasteiger partial charge in [-0.1, -0.05) is 64.4 Å². The average Bonchev–Trinajstić information content (AvgIpc) is 3.47. The number of aliphatic hydroxyl groups is 1. The molecule has 5 aromatic rings. The third-order valence-electron chi connectivity index (χ3n) is 5.79. The molecule has 7 nitrogen and oxygen atoms in total. The fraction of sp³-hybridized carbons (Fsp3) is 0.312. The van der Waals surface area contributed by atoms with E-state index in [9.17, 15) is 0 Å². The van der Waals surface area contributed by atoms with Crippen molar-refractivity contribution in [1.29, 1.82) is 0 Å². The maximum atomic E-state index is 9.11. The van der Waals surface area contributed by atoms with Gasteiger partial charge in [0.2, 0.25) is 0 Å². The van der Waals surface area contributed by atoms with Gasteiger partial charge in [-0.25, -0.2) is 15.0 Å². The van der Waals surface area contributed by atoms with Crippen LogP contribution < -0.4 is 4.74 Å². The molecule has 3 heterocycles. The Bertz CT molecular complexity index is 1430. The van der Waals surface area contributed by atoms with Gasteiger partial charge in [0.05, 0.1) is 29.7 Å². The van der Waals surface area contributed by atoms with Gasteiger partial charge in [0.25, 0.3) is 0 Å². The van der Waals surface area contributed by atoms with Crippen molar-refractivity contribution in [2.75, 3.05) is 6.61 Å². The standard InChI is InChI=1S/C21H24N2O2.C8H7N3.C3H8/c1-3-11-25-20-10-9-18(12-15(20)4-2)16-5-7-17(8-6-16)19-13-22-21(14-24)23-19;1-6-8-7(11-5-10-6)3-2-4-9-8;1-3-2/h5-10,12-13,24H,3-4,11,14H2,1-2H3,(H,22,23);2-5H,1H3;3H2,1-2H3. The molecule has 2 N–H and O–H groups in total. The van der Waals surface area contributed by atoms with Gasteiger partial charge < -0.3 is 14.8 Å². The SMILES string of the molecule is CCC.CCCOc1ccc(-c2ccc(-c3cnc(CO)[nH]3)cc2)cc1CC.Cc1ncnc2cccnc12. The Kier molecular flexibility index (Phi) is 11.6. The molecule has 39 heavy (non-hydrogen) atoms. The van der Waals surface area contributed by atoms with Crippen LogP contribution in [0, 0.1) is 6.92 Å². The molecule has 5 rings (SSSR count). The van der Waals surface area contributed by atoms with Gasteiger partial charge in [-0.2, -0.15) is 0 Å². The van der Waals surface area contributed by atoms with E-state index >= 15 is 0 Å². The third kappa shape index (κ3) is 8.19. The van der Waals surface area contributed by atoms with Crippen LogP contribution in [-0.2, 0) is 13.0 Å². The Morgan fingerprint density at radius 2 is 1.56 bits per heavy atom. The van der Waals surface area contributed by atoms with Crippen LogP contribution in [0.4, 0.5) is 0 Å². The van der Waals surface area contributed by atoms with Crippen molar-refractivity contribution in [2.45, 2.75) is 60.5 Å². The summed E-state index contributed by atoms with van der Waals surface area (Å²) in [6.45, 7) is 11.1. The number of aromatic amines is 1. The molecular weight excluding hydrogens is 486 g/mol. The van der Waals surface area contributed by atoms with Crippen molar-refractivity contribution >= 4 is 11.0 Å². The Morgan fingerprint density at radius 3 is 2.21 bits per heavy atom. The number of fused-ring (bicyclic) bond motifs is 1. The first-order chi connectivity index (χ1) is 19.0. The highest BCUT2D eigenvalue weighted by atomic mass is 16.5. The Balaban J connectivity index is 0.000000247. The molecule has 0 aliphatic heterocycles. The van der Waals surface area contributed by atoms with Crippen LogP contribution in [0.25, 0.3) is 33.4 Å². The molecule has 0 radical (unpaired) electrons. The van der Waals surface area contributed by atoms with E-state index in [1.165, 1.54) is 23.1 Å². The predicted molar refractivity (Wildman–Crippen MR) is 159 cm³/mol. The van der Waals surface area contributed by atoms with E-state index in [0.717, 1.165) is 53.2 Å². The first-order valence-corrected chi connectivity index (χ1v) is 13.6. The van der Waals surface area contributed by atoms with E-state index in [4.69, 9.17) is 9.84 Å². The van der Waals surface area contributed by atoms with Crippen LogP contribution >= 0.6 is 0 Å². The zero-order valence-electron chi connectivity index (χ0n) is 23.6. The summed E-state index contributed by atoms with van der Waals surface area (Å²) in [5.41, 5.74) is 8.26. The largest absolute Gasteiger partial charge is 0.493 e. The van der Waals surface area contributed by atoms with Crippen molar-refractivity contribution in [3.63, 3.8) is 0 Å². The molecule has 2 aromatic carbocycles. The number of imidazole rings is 1. The lowest BCUT2D eigenvalue weighted by Crippen LogP contribution is -1.98. The number of nitrogens with zero attached hydrogens (tertiary/aromatic N) is 4. The minimum absolute atomic E-state index is 0.0790. The van der Waals surface area contributed by atoms with Gasteiger partial charge in [-0.05, 0) is 66.3 Å². The quantitative estimate of drug-likeness (QED) is 0.231. The summed E-state index contributed by atoms with van der Waals surface area (Å²) >= 11 is 0. The van der Waals surface area contributed by atoms with Crippen molar-refractivity contribution in [3.05, 3.63) is 90.4 Å². The molecule has 0 saturated heterocycles. The molecule has 0 aliphatic rings. The summed E-state index contributed by atoms with van der Waals surface area (Å²) < 4.78 is 5.83. The lowest BCUT2D eigenvalue weighted by molar-refractivity contribution is 0.272. The smallest absolute Gasteiger partial charge is 0.132 e. The number of ether oxygens (including phenoxy) is 1. The number of nitrogens with one attached hydrogen (secondary N) is 1. The second kappa shape index (κ2) is 15.3. The number of hydrogen-bond acceptors (Lipinski definition) is 6. The average molecular weight is 526 g/mol. The number of aryl methyl sites for hydroxylation is 2. The van der Waals surface area contributed by atoms with Gasteiger partial charge in [0.1, 0.15) is 30.0 Å². The van der Waals surface area contributed by atoms with Crippen LogP contribution in [0.3, 0.4) is 0 Å². The summed E-state index contributed by atoms with van der Waals surface area (Å²) in [6.07, 6.45) is 8.26. The highest BCUT2D eigenvalue weighted by molar-refractivity contribution is 5.75. The second-order valence-electron chi connectivity index (χ2n) is 9.04. The lowest BCUT2D eigenvalue weighted by Gasteiger charge is -2.12. The van der Waals surface area contributed by atoms with Crippen molar-refractivity contribution in [3.8, 4) is 28.1 Å². The fourth-order valence-electron chi connectivity index (χ4n) is 3.84. The highest BCUT2D eigenvalue weighted by Crippen LogP contribution is 2.29. The van der Waals surface area contributed by atoms with E-state index in [0.29, 0.717) is 5.82 Å². The summed E-state index contributed by atoms with van der Waals surface area (Å²) in [6, 6.07) is 18.5. The number of rotatable bonds is 7. The van der Waals surface area contributed by atoms with Crippen LogP contribution in [0.2, 0.25) is 0 Å². The topological polar surface area (TPSA) is 96.8 Å². The van der Waals surface area contributed by atoms with Crippen LogP contribution in [0.15, 0.2) is 73.3 Å². The molecule has 0 aliphatic carbocycles. The lowest BCUT2D eigenvalue weighted by atomic mass is 9.99. The molecule has 0 amide bonds. The van der Waals surface area contributed by atoms with Crippen molar-refractivity contribution in [1.82, 2.24) is 24.9 Å². The first-order valence-electron chi connectivity index (χ1n) is 13.6. The van der Waals surface area contributed by atoms with Gasteiger partial charge in [-0.15, -0.1) is 0 Å². The van der Waals surface area contributed by atoms with E-state index < -0.39 is 0 Å². The van der Waals surface area contributed by atoms with Crippen LogP contribution in [-0.4, -0.2) is 36.6 Å². The maximum absolute atomic E-state index is 9.11. The summed E-state index contributed by atoms with van der Waals surface area (Å²) in [5, 5.41) is 9.11. The molecule has 0 saturated carbocycles. The maximum Gasteiger partial charge on any atom is 0.132 e. The summed E-state index contributed by atoms with van der Waals surface area (Å²) in [7, 11) is 0. The molecule has 0 unspecified atom stereocenters. The van der Waals surface area contributed by atoms with Crippen molar-refractivity contribution in [2.24, 2.45) is 0 Å². The molecule has 204 valence electrons. The predicted octanol–water partition coefficient (Wildman–Crippen LogP) is 7.34. The van der Waals surface area contributed by atoms with Crippen LogP contribution in [0.1, 0.15) is 57.6 Å². The highest BCUT2D eigenvalue weighted by Gasteiger charge is 2.07. The van der Waals surface area contributed by atoms with Gasteiger partial charge in [0.15, 0.2) is 0 Å². The Labute approximate surface area is 231 Å². The van der Waals surface area contributed by atoms with Gasteiger partial charge in [-0.3, -0.25) is 4.98 Å². The molecule has 7 heteroatoms. The van der Waals surface area contributed by atoms with Crippen molar-refractivity contribution < 1.29 is 9.84 Å². The first kappa shape index (κ1) is 29.5. The fourth-order valence-corrected chi connectivity index (χ4v) is 3.84. The van der Waals surface area contributed by atoms with Gasteiger partial charge >= 0.3 is 0 Å². The number of H-pyrrole nitrogens is 1. The third-order valence-corrected chi connectivity index (χ3v) is 5.79. The molecular formula is C32H39N5O2. The minimum Gasteiger partial charge on any atom is -0.493 e. The van der Waals surface area contributed by atoms with Crippen LogP contribution in [0.5, 0.6) is 5.75 Å². The monoisotopic (exact) mass is 525 g/mol. The summed E-state index contributed by atoms with van der Waals surface area (Å²) in [5.74, 6) is 1.56. The number of pyridine rings is 1. The molecule has 0 spiro atoms. The molecule has 0 bridgehead atoms. The number of benzene rings is 2. The number of aliphatic hydroxyl groups excluding tert-OH is 1. The van der Waals surface area contributed by atoms with E-state index in [1.807, 2.05) is 19.1 Å². The zero-order chi connectivity index (χ0) is 28.0. The number of hydrogen-bond donors (Lipinski definition) is 2. The van der Waals surface area contributed by atoms with Gasteiger partial charge in [0, 0.05) is 6.20 Å². The summed E-state index contributed by atoms with van der Waals surface area (Å²) in [4.78, 5) is 19.5. The Morgan fingerprint density at radius 1 is 0.846 bits per heavy atom. The zero-order valence-corrected chi connectivity index (χ0v) is 23.6. The van der Waals surface area contributed by atoms with E-state index in [2.05, 4.69) is 95.1 Å². The second-order valence-corrected chi connectivity index (χ2v) is 9.04. The van der Waals surface area contributed by atoms with E-state index in [1.54, 1.807) is 18.7 Å².